The predicted octanol–water partition coefficient (Wildman–Crippen LogP) is 23.8. The van der Waals surface area contributed by atoms with Crippen LogP contribution in [0.2, 0.25) is 0 Å². The van der Waals surface area contributed by atoms with Gasteiger partial charge in [-0.3, -0.25) is 14.4 Å². The molecular weight excluding hydrogens is 997 g/mol. The molecule has 6 nitrogen and oxygen atoms in total. The second-order valence-electron chi connectivity index (χ2n) is 22.7. The van der Waals surface area contributed by atoms with Crippen LogP contribution in [0.3, 0.4) is 0 Å². The maximum atomic E-state index is 13.0. The van der Waals surface area contributed by atoms with Crippen molar-refractivity contribution < 1.29 is 28.6 Å². The van der Waals surface area contributed by atoms with Crippen molar-refractivity contribution in [2.75, 3.05) is 13.2 Å². The highest BCUT2D eigenvalue weighted by molar-refractivity contribution is 5.71. The molecule has 464 valence electrons. The second-order valence-corrected chi connectivity index (χ2v) is 22.7. The van der Waals surface area contributed by atoms with Crippen molar-refractivity contribution >= 4 is 17.9 Å². The predicted molar refractivity (Wildman–Crippen MR) is 353 cm³/mol. The molecule has 0 N–H and O–H groups in total. The number of ether oxygens (including phenoxy) is 3. The number of hydrogen-bond acceptors (Lipinski definition) is 6. The number of hydrogen-bond donors (Lipinski definition) is 0. The lowest BCUT2D eigenvalue weighted by Gasteiger charge is -2.18. The molecule has 1 unspecified atom stereocenters. The van der Waals surface area contributed by atoms with E-state index in [1.54, 1.807) is 0 Å². The molecule has 0 rings (SSSR count). The van der Waals surface area contributed by atoms with Crippen LogP contribution in [0.5, 0.6) is 0 Å². The lowest BCUT2D eigenvalue weighted by Crippen LogP contribution is -2.30. The quantitative estimate of drug-likeness (QED) is 0.0261. The van der Waals surface area contributed by atoms with Crippen molar-refractivity contribution in [1.82, 2.24) is 0 Å². The molecule has 0 aromatic carbocycles. The molecule has 0 radical (unpaired) electrons. The molecule has 0 aromatic heterocycles. The highest BCUT2D eigenvalue weighted by atomic mass is 16.6. The number of allylic oxidation sites excluding steroid dienone is 18. The van der Waals surface area contributed by atoms with Gasteiger partial charge in [-0.1, -0.05) is 297 Å². The first-order chi connectivity index (χ1) is 40.0. The van der Waals surface area contributed by atoms with E-state index in [0.717, 1.165) is 116 Å². The molecular formula is C75H128O6. The Morgan fingerprint density at radius 2 is 0.481 bits per heavy atom. The highest BCUT2D eigenvalue weighted by Crippen LogP contribution is 2.17. The molecule has 0 fully saturated rings. The number of unbranched alkanes of at least 4 members (excludes halogenated alkanes) is 33. The topological polar surface area (TPSA) is 78.9 Å². The van der Waals surface area contributed by atoms with Crippen LogP contribution >= 0.6 is 0 Å². The van der Waals surface area contributed by atoms with Gasteiger partial charge in [0.1, 0.15) is 13.2 Å². The fourth-order valence-electron chi connectivity index (χ4n) is 9.66. The van der Waals surface area contributed by atoms with Crippen LogP contribution in [-0.4, -0.2) is 37.2 Å². The van der Waals surface area contributed by atoms with Gasteiger partial charge in [0.2, 0.25) is 0 Å². The second kappa shape index (κ2) is 68.6. The van der Waals surface area contributed by atoms with E-state index in [0.29, 0.717) is 19.3 Å². The molecule has 0 saturated carbocycles. The normalized spacial score (nSPS) is 12.8. The summed E-state index contributed by atoms with van der Waals surface area (Å²) in [6.45, 7) is 6.43. The molecule has 0 bridgehead atoms. The smallest absolute Gasteiger partial charge is 0.306 e. The maximum Gasteiger partial charge on any atom is 0.306 e. The zero-order valence-corrected chi connectivity index (χ0v) is 53.3. The zero-order valence-electron chi connectivity index (χ0n) is 53.3. The molecule has 0 saturated heterocycles. The van der Waals surface area contributed by atoms with Gasteiger partial charge < -0.3 is 14.2 Å². The summed E-state index contributed by atoms with van der Waals surface area (Å²) >= 11 is 0. The number of esters is 3. The fourth-order valence-corrected chi connectivity index (χ4v) is 9.66. The van der Waals surface area contributed by atoms with E-state index < -0.39 is 6.10 Å². The van der Waals surface area contributed by atoms with Gasteiger partial charge >= 0.3 is 17.9 Å². The van der Waals surface area contributed by atoms with E-state index >= 15 is 0 Å². The van der Waals surface area contributed by atoms with Crippen molar-refractivity contribution in [3.63, 3.8) is 0 Å². The Morgan fingerprint density at radius 3 is 0.765 bits per heavy atom. The van der Waals surface area contributed by atoms with Crippen LogP contribution in [0.4, 0.5) is 0 Å². The van der Waals surface area contributed by atoms with E-state index in [-0.39, 0.29) is 31.1 Å². The molecule has 0 aromatic rings. The Hall–Kier alpha value is -3.93. The van der Waals surface area contributed by atoms with Crippen LogP contribution in [0.25, 0.3) is 0 Å². The van der Waals surface area contributed by atoms with Gasteiger partial charge in [-0.05, 0) is 122 Å². The molecule has 0 spiro atoms. The van der Waals surface area contributed by atoms with E-state index in [2.05, 4.69) is 130 Å². The first kappa shape index (κ1) is 77.1. The van der Waals surface area contributed by atoms with E-state index in [9.17, 15) is 14.4 Å². The minimum atomic E-state index is -0.787. The summed E-state index contributed by atoms with van der Waals surface area (Å²) in [6.07, 6.45) is 93.9. The first-order valence-electron chi connectivity index (χ1n) is 34.4. The van der Waals surface area contributed by atoms with Gasteiger partial charge in [0.15, 0.2) is 6.10 Å². The molecule has 0 amide bonds. The van der Waals surface area contributed by atoms with Gasteiger partial charge in [-0.2, -0.15) is 0 Å². The lowest BCUT2D eigenvalue weighted by atomic mass is 10.0. The molecule has 0 aliphatic heterocycles. The van der Waals surface area contributed by atoms with E-state index in [1.807, 2.05) is 0 Å². The third-order valence-corrected chi connectivity index (χ3v) is 14.7. The minimum Gasteiger partial charge on any atom is -0.462 e. The van der Waals surface area contributed by atoms with Crippen molar-refractivity contribution in [2.24, 2.45) is 0 Å². The Kier molecular flexibility index (Phi) is 65.2. The molecule has 6 heteroatoms. The fraction of sp³-hybridized carbons (Fsp3) is 0.720. The van der Waals surface area contributed by atoms with Crippen LogP contribution < -0.4 is 0 Å². The Bertz CT molecular complexity index is 1620. The van der Waals surface area contributed by atoms with Gasteiger partial charge in [0.05, 0.1) is 0 Å². The summed E-state index contributed by atoms with van der Waals surface area (Å²) in [5, 5.41) is 0. The number of carbonyl (C=O) groups is 3. The van der Waals surface area contributed by atoms with Crippen molar-refractivity contribution in [1.29, 1.82) is 0 Å². The summed E-state index contributed by atoms with van der Waals surface area (Å²) < 4.78 is 17.0. The molecule has 81 heavy (non-hydrogen) atoms. The van der Waals surface area contributed by atoms with Gasteiger partial charge in [-0.15, -0.1) is 0 Å². The minimum absolute atomic E-state index is 0.0824. The van der Waals surface area contributed by atoms with Gasteiger partial charge in [0.25, 0.3) is 0 Å². The van der Waals surface area contributed by atoms with Crippen molar-refractivity contribution in [3.8, 4) is 0 Å². The summed E-state index contributed by atoms with van der Waals surface area (Å²) in [5.41, 5.74) is 0. The maximum absolute atomic E-state index is 13.0. The zero-order chi connectivity index (χ0) is 58.5. The van der Waals surface area contributed by atoms with E-state index in [1.165, 1.54) is 173 Å². The van der Waals surface area contributed by atoms with Crippen LogP contribution in [0.1, 0.15) is 329 Å². The van der Waals surface area contributed by atoms with Gasteiger partial charge in [-0.25, -0.2) is 0 Å². The SMILES string of the molecule is CC/C=C\C/C=C\C/C=C\C/C=C\CCCCCCCCCCCCCCC(=O)OCC(COC(=O)CCCCCCC/C=C\CCCCCCCC)OC(=O)CCCCCCCCCCCC/C=C\C/C=C\C/C=C\C/C=C\CC. The summed E-state index contributed by atoms with van der Waals surface area (Å²) in [6, 6.07) is 0. The number of rotatable bonds is 62. The Morgan fingerprint density at radius 1 is 0.259 bits per heavy atom. The Balaban J connectivity index is 4.35. The van der Waals surface area contributed by atoms with E-state index in [4.69, 9.17) is 14.2 Å². The average Bonchev–Trinajstić information content (AvgIpc) is 3.47. The lowest BCUT2D eigenvalue weighted by molar-refractivity contribution is -0.167. The Labute approximate surface area is 501 Å². The largest absolute Gasteiger partial charge is 0.462 e. The molecule has 0 aliphatic carbocycles. The highest BCUT2D eigenvalue weighted by Gasteiger charge is 2.19. The first-order valence-corrected chi connectivity index (χ1v) is 34.4. The van der Waals surface area contributed by atoms with Crippen LogP contribution in [0.15, 0.2) is 109 Å². The third-order valence-electron chi connectivity index (χ3n) is 14.7. The van der Waals surface area contributed by atoms with Crippen molar-refractivity contribution in [2.45, 2.75) is 335 Å². The van der Waals surface area contributed by atoms with Crippen LogP contribution in [-0.2, 0) is 28.6 Å². The third kappa shape index (κ3) is 66.8. The molecule has 0 heterocycles. The van der Waals surface area contributed by atoms with Gasteiger partial charge in [0, 0.05) is 19.3 Å². The average molecular weight is 1130 g/mol. The standard InChI is InChI=1S/C75H128O6/c1-4-7-10-13-16-19-22-25-28-30-32-34-36-37-39-40-42-44-47-50-53-56-59-62-65-68-74(77)80-71-72(70-79-73(76)67-64-61-58-55-52-49-46-27-24-21-18-15-12-9-6-3)81-75(78)69-66-63-60-57-54-51-48-45-43-41-38-35-33-31-29-26-23-20-17-14-11-8-5-2/h7-8,10-11,16-17,19-20,25-29,32-35,46,72H,4-6,9,12-15,18,21-24,30-31,36-45,47-71H2,1-3H3/b10-7-,11-8-,19-16-,20-17-,28-25-,29-26-,34-32-,35-33-,46-27-. The summed E-state index contributed by atoms with van der Waals surface area (Å²) in [4.78, 5) is 38.5. The molecule has 0 aliphatic rings. The van der Waals surface area contributed by atoms with Crippen LogP contribution in [0, 0.1) is 0 Å². The molecule has 1 atom stereocenters. The summed E-state index contributed by atoms with van der Waals surface area (Å²) in [7, 11) is 0. The monoisotopic (exact) mass is 1120 g/mol. The summed E-state index contributed by atoms with van der Waals surface area (Å²) in [5.74, 6) is -0.884. The number of carbonyl (C=O) groups excluding carboxylic acids is 3. The van der Waals surface area contributed by atoms with Crippen molar-refractivity contribution in [3.05, 3.63) is 109 Å².